The highest BCUT2D eigenvalue weighted by atomic mass is 16.8. The van der Waals surface area contributed by atoms with E-state index in [1.54, 1.807) is 0 Å². The summed E-state index contributed by atoms with van der Waals surface area (Å²) in [7, 11) is 0. The molecule has 0 amide bonds. The lowest BCUT2D eigenvalue weighted by atomic mass is 9.44. The topological polar surface area (TPSA) is 262 Å². The van der Waals surface area contributed by atoms with Gasteiger partial charge >= 0.3 is 5.97 Å². The van der Waals surface area contributed by atoms with Crippen molar-refractivity contribution < 1.29 is 88.3 Å². The van der Waals surface area contributed by atoms with Crippen LogP contribution in [0.15, 0.2) is 0 Å². The van der Waals surface area contributed by atoms with E-state index >= 15 is 0 Å². The molecule has 4 saturated carbocycles. The van der Waals surface area contributed by atoms with Crippen molar-refractivity contribution in [3.63, 3.8) is 0 Å². The Bertz CT molecular complexity index is 1670. The maximum Gasteiger partial charge on any atom is 0.302 e. The maximum atomic E-state index is 12.1. The summed E-state index contributed by atoms with van der Waals surface area (Å²) < 4.78 is 55.4. The van der Waals surface area contributed by atoms with Gasteiger partial charge in [-0.05, 0) is 111 Å². The van der Waals surface area contributed by atoms with Gasteiger partial charge in [0, 0.05) is 19.3 Å². The van der Waals surface area contributed by atoms with E-state index < -0.39 is 117 Å². The minimum atomic E-state index is -1.85. The number of carbonyl (C=O) groups excluding carboxylic acids is 1. The lowest BCUT2D eigenvalue weighted by Gasteiger charge is -2.61. The molecule has 18 heteroatoms. The van der Waals surface area contributed by atoms with E-state index in [0.717, 1.165) is 58.5 Å². The Labute approximate surface area is 381 Å². The zero-order valence-electron chi connectivity index (χ0n) is 38.7. The molecule has 5 heterocycles. The van der Waals surface area contributed by atoms with Crippen molar-refractivity contribution in [1.29, 1.82) is 0 Å². The normalized spacial score (nSPS) is 56.6. The smallest absolute Gasteiger partial charge is 0.302 e. The summed E-state index contributed by atoms with van der Waals surface area (Å²) in [5.41, 5.74) is 0.298. The van der Waals surface area contributed by atoms with Crippen LogP contribution in [0.4, 0.5) is 0 Å². The van der Waals surface area contributed by atoms with Crippen LogP contribution in [-0.2, 0) is 47.4 Å². The molecule has 8 N–H and O–H groups in total. The predicted octanol–water partition coefficient (Wildman–Crippen LogP) is 0.865. The lowest BCUT2D eigenvalue weighted by molar-refractivity contribution is -0.390. The van der Waals surface area contributed by atoms with Gasteiger partial charge in [-0.15, -0.1) is 0 Å². The first kappa shape index (κ1) is 48.8. The van der Waals surface area contributed by atoms with Gasteiger partial charge in [0.05, 0.1) is 31.5 Å². The van der Waals surface area contributed by atoms with Crippen LogP contribution >= 0.6 is 0 Å². The molecule has 0 aromatic heterocycles. The van der Waals surface area contributed by atoms with E-state index in [1.165, 1.54) is 19.8 Å². The fourth-order valence-electron chi connectivity index (χ4n) is 14.8. The Morgan fingerprint density at radius 2 is 1.34 bits per heavy atom. The molecule has 27 atom stereocenters. The molecule has 18 nitrogen and oxygen atoms in total. The van der Waals surface area contributed by atoms with Crippen LogP contribution < -0.4 is 0 Å². The van der Waals surface area contributed by atoms with Crippen LogP contribution in [0.3, 0.4) is 0 Å². The van der Waals surface area contributed by atoms with Gasteiger partial charge in [-0.1, -0.05) is 27.7 Å². The van der Waals surface area contributed by atoms with Gasteiger partial charge in [-0.2, -0.15) is 0 Å². The SMILES string of the molecule is CC(=O)OC[C@H]1O[C@@H](O[C@H]2[C@H](O)[C@@H](O[C@@H]3O[C@@H](C)[C@H](O)[C@@H](O)[C@H]3O)[C@H](O[C@H]3CC[C@@]4(C)[C@H](CC[C@@H]5[C@@H]4CC[C@]4(C)[C@@H]6[C@H](C[C@@H]54)O[C@]4(CC[C@H](C)CO4)[C@H]6C)C3)O[C@@H]2CO)[C@H](O)[C@@H](O)[C@@H]1O. The van der Waals surface area contributed by atoms with Crippen molar-refractivity contribution in [3.8, 4) is 0 Å². The number of hydrogen-bond acceptors (Lipinski definition) is 18. The molecule has 0 unspecified atom stereocenters. The zero-order chi connectivity index (χ0) is 46.5. The number of ether oxygens (including phenoxy) is 9. The molecule has 9 aliphatic rings. The number of aliphatic hydroxyl groups excluding tert-OH is 8. The van der Waals surface area contributed by atoms with Crippen molar-refractivity contribution in [3.05, 3.63) is 0 Å². The molecule has 372 valence electrons. The maximum absolute atomic E-state index is 12.1. The van der Waals surface area contributed by atoms with E-state index in [0.29, 0.717) is 47.8 Å². The third kappa shape index (κ3) is 8.45. The number of aliphatic hydroxyl groups is 8. The highest BCUT2D eigenvalue weighted by molar-refractivity contribution is 5.65. The van der Waals surface area contributed by atoms with E-state index in [1.807, 2.05) is 0 Å². The first-order valence-corrected chi connectivity index (χ1v) is 24.5. The Morgan fingerprint density at radius 3 is 2.03 bits per heavy atom. The second-order valence-electron chi connectivity index (χ2n) is 22.1. The summed E-state index contributed by atoms with van der Waals surface area (Å²) in [5, 5.41) is 87.0. The quantitative estimate of drug-likeness (QED) is 0.118. The minimum absolute atomic E-state index is 0.0903. The van der Waals surface area contributed by atoms with E-state index in [4.69, 9.17) is 42.6 Å². The van der Waals surface area contributed by atoms with Gasteiger partial charge in [0.25, 0.3) is 0 Å². The number of carbonyl (C=O) groups is 1. The molecule has 0 aromatic rings. The van der Waals surface area contributed by atoms with Crippen LogP contribution in [-0.4, -0.2) is 177 Å². The van der Waals surface area contributed by atoms with Crippen molar-refractivity contribution in [1.82, 2.24) is 0 Å². The van der Waals surface area contributed by atoms with Crippen LogP contribution in [0, 0.1) is 52.3 Å². The summed E-state index contributed by atoms with van der Waals surface area (Å²) in [4.78, 5) is 11.5. The average Bonchev–Trinajstić information content (AvgIpc) is 3.73. The van der Waals surface area contributed by atoms with Gasteiger partial charge in [0.2, 0.25) is 0 Å². The number of esters is 1. The van der Waals surface area contributed by atoms with Crippen LogP contribution in [0.1, 0.15) is 106 Å². The number of rotatable bonds is 9. The lowest BCUT2D eigenvalue weighted by Crippen LogP contribution is -2.67. The van der Waals surface area contributed by atoms with Crippen molar-refractivity contribution >= 4 is 5.97 Å². The Hall–Kier alpha value is -1.17. The highest BCUT2D eigenvalue weighted by Gasteiger charge is 2.69. The van der Waals surface area contributed by atoms with E-state index in [2.05, 4.69) is 27.7 Å². The fraction of sp³-hybridized carbons (Fsp3) is 0.979. The molecule has 9 fully saturated rings. The van der Waals surface area contributed by atoms with Gasteiger partial charge in [-0.25, -0.2) is 0 Å². The van der Waals surface area contributed by atoms with Crippen molar-refractivity contribution in [2.24, 2.45) is 52.3 Å². The summed E-state index contributed by atoms with van der Waals surface area (Å²) >= 11 is 0. The summed E-state index contributed by atoms with van der Waals surface area (Å²) in [5.74, 6) is 2.43. The molecule has 1 spiro atoms. The van der Waals surface area contributed by atoms with Gasteiger partial charge in [-0.3, -0.25) is 4.79 Å². The molecule has 65 heavy (non-hydrogen) atoms. The molecule has 4 aliphatic carbocycles. The first-order valence-electron chi connectivity index (χ1n) is 24.5. The predicted molar refractivity (Wildman–Crippen MR) is 224 cm³/mol. The Kier molecular flexibility index (Phi) is 13.9. The monoisotopic (exact) mass is 929 g/mol. The Balaban J connectivity index is 0.898. The second kappa shape index (κ2) is 18.5. The molecule has 9 rings (SSSR count). The first-order chi connectivity index (χ1) is 30.8. The number of hydrogen-bond donors (Lipinski definition) is 8. The summed E-state index contributed by atoms with van der Waals surface area (Å²) in [6, 6.07) is 0. The van der Waals surface area contributed by atoms with Crippen molar-refractivity contribution in [2.75, 3.05) is 19.8 Å². The van der Waals surface area contributed by atoms with Gasteiger partial charge < -0.3 is 83.5 Å². The summed E-state index contributed by atoms with van der Waals surface area (Å²) in [6.07, 6.45) is -13.1. The van der Waals surface area contributed by atoms with Gasteiger partial charge in [0.15, 0.2) is 24.7 Å². The molecular formula is C47H76O18. The zero-order valence-corrected chi connectivity index (χ0v) is 38.7. The molecule has 5 aliphatic heterocycles. The van der Waals surface area contributed by atoms with E-state index in [-0.39, 0.29) is 23.0 Å². The molecular weight excluding hydrogens is 852 g/mol. The number of fused-ring (bicyclic) bond motifs is 7. The van der Waals surface area contributed by atoms with Crippen LogP contribution in [0.5, 0.6) is 0 Å². The van der Waals surface area contributed by atoms with Crippen LogP contribution in [0.25, 0.3) is 0 Å². The fourth-order valence-corrected chi connectivity index (χ4v) is 14.8. The molecule has 0 bridgehead atoms. The molecule has 5 saturated heterocycles. The van der Waals surface area contributed by atoms with Crippen molar-refractivity contribution in [2.45, 2.75) is 216 Å². The molecule has 0 radical (unpaired) electrons. The standard InChI is InChI=1S/C47H76O18/c1-20-9-14-47(58-18-20)21(2)32-29(65-47)16-28-26-8-7-24-15-25(10-12-45(24,5)27(26)11-13-46(28,32)6)60-44-41(64-42-37(54)35(52)33(50)22(3)59-42)39(56)40(30(17-48)61-44)63-43-38(55)36(53)34(51)31(62-43)19-57-23(4)49/h20-22,24-44,48,50-56H,7-19H2,1-6H3/t20-,21-,22-,24+,25-,26+,27-,28-,29-,30+,31+,32-,33-,34+,35+,36-,37+,38+,39-,40+,41+,42-,43-,44+,45-,46-,47+/m0/s1. The summed E-state index contributed by atoms with van der Waals surface area (Å²) in [6.45, 7) is 11.9. The third-order valence-electron chi connectivity index (χ3n) is 18.5. The average molecular weight is 929 g/mol. The Morgan fingerprint density at radius 1 is 0.662 bits per heavy atom. The molecule has 0 aromatic carbocycles. The van der Waals surface area contributed by atoms with E-state index in [9.17, 15) is 45.6 Å². The minimum Gasteiger partial charge on any atom is -0.463 e. The van der Waals surface area contributed by atoms with Crippen LogP contribution in [0.2, 0.25) is 0 Å². The van der Waals surface area contributed by atoms with Gasteiger partial charge in [0.1, 0.15) is 73.8 Å². The third-order valence-corrected chi connectivity index (χ3v) is 18.5. The largest absolute Gasteiger partial charge is 0.463 e. The second-order valence-corrected chi connectivity index (χ2v) is 22.1. The highest BCUT2D eigenvalue weighted by Crippen LogP contribution is 2.71.